The highest BCUT2D eigenvalue weighted by Crippen LogP contribution is 2.37. The number of oxazole rings is 1. The summed E-state index contributed by atoms with van der Waals surface area (Å²) in [7, 11) is 0. The lowest BCUT2D eigenvalue weighted by Gasteiger charge is -2.25. The van der Waals surface area contributed by atoms with Crippen LogP contribution in [0.3, 0.4) is 0 Å². The van der Waals surface area contributed by atoms with Gasteiger partial charge in [-0.2, -0.15) is 8.78 Å². The van der Waals surface area contributed by atoms with Gasteiger partial charge in [-0.15, -0.1) is 0 Å². The Labute approximate surface area is 172 Å². The summed E-state index contributed by atoms with van der Waals surface area (Å²) in [5, 5.41) is 2.90. The van der Waals surface area contributed by atoms with E-state index in [2.05, 4.69) is 21.5 Å². The normalized spacial score (nSPS) is 17.5. The van der Waals surface area contributed by atoms with Gasteiger partial charge in [0.25, 0.3) is 5.91 Å². The molecule has 7 nitrogen and oxygen atoms in total. The molecule has 2 fully saturated rings. The summed E-state index contributed by atoms with van der Waals surface area (Å²) >= 11 is 0. The number of rotatable bonds is 9. The van der Waals surface area contributed by atoms with Crippen molar-refractivity contribution in [1.29, 1.82) is 0 Å². The number of hydrogen-bond acceptors (Lipinski definition) is 6. The van der Waals surface area contributed by atoms with Crippen LogP contribution >= 0.6 is 0 Å². The van der Waals surface area contributed by atoms with Gasteiger partial charge in [-0.1, -0.05) is 0 Å². The van der Waals surface area contributed by atoms with E-state index in [4.69, 9.17) is 14.9 Å². The van der Waals surface area contributed by atoms with Crippen molar-refractivity contribution >= 4 is 5.91 Å². The molecular weight excluding hydrogens is 396 g/mol. The molecule has 4 rings (SSSR count). The molecule has 2 aromatic rings. The monoisotopic (exact) mass is 420 g/mol. The fourth-order valence-electron chi connectivity index (χ4n) is 3.07. The number of hydrogen-bond donors (Lipinski definition) is 2. The summed E-state index contributed by atoms with van der Waals surface area (Å²) in [6, 6.07) is 3.97. The van der Waals surface area contributed by atoms with E-state index < -0.39 is 12.7 Å². The highest BCUT2D eigenvalue weighted by Gasteiger charge is 2.28. The van der Waals surface area contributed by atoms with Gasteiger partial charge in [0.15, 0.2) is 23.0 Å². The highest BCUT2D eigenvalue weighted by molar-refractivity contribution is 5.94. The lowest BCUT2D eigenvalue weighted by molar-refractivity contribution is -0.0515. The van der Waals surface area contributed by atoms with Crippen LogP contribution in [-0.4, -0.2) is 30.2 Å². The fourth-order valence-corrected chi connectivity index (χ4v) is 3.07. The Morgan fingerprint density at radius 3 is 2.70 bits per heavy atom. The van der Waals surface area contributed by atoms with Crippen molar-refractivity contribution < 1.29 is 27.5 Å². The summed E-state index contributed by atoms with van der Waals surface area (Å²) in [6.07, 6.45) is 5.82. The smallest absolute Gasteiger partial charge is 0.387 e. The van der Waals surface area contributed by atoms with Crippen molar-refractivity contribution in [2.75, 3.05) is 6.61 Å². The number of nitrogens with two attached hydrogens (primary N) is 1. The minimum absolute atomic E-state index is 0.0624. The van der Waals surface area contributed by atoms with Crippen molar-refractivity contribution in [3.8, 4) is 23.0 Å². The average molecular weight is 420 g/mol. The van der Waals surface area contributed by atoms with Crippen LogP contribution < -0.4 is 20.5 Å². The molecule has 3 N–H and O–H groups in total. The Kier molecular flexibility index (Phi) is 5.90. The Morgan fingerprint density at radius 1 is 1.33 bits per heavy atom. The number of ether oxygens (including phenoxy) is 2. The second kappa shape index (κ2) is 8.59. The number of alkyl halides is 2. The first-order valence-electron chi connectivity index (χ1n) is 10.0. The lowest BCUT2D eigenvalue weighted by atomic mass is 9.93. The largest absolute Gasteiger partial charge is 0.489 e. The number of aromatic nitrogens is 1. The zero-order valence-corrected chi connectivity index (χ0v) is 16.6. The molecule has 0 saturated heterocycles. The van der Waals surface area contributed by atoms with Gasteiger partial charge in [-0.25, -0.2) is 4.98 Å². The van der Waals surface area contributed by atoms with E-state index >= 15 is 0 Å². The lowest BCUT2D eigenvalue weighted by Crippen LogP contribution is -2.40. The molecule has 2 aliphatic rings. The number of nitrogens with one attached hydrogen (secondary N) is 1. The van der Waals surface area contributed by atoms with E-state index in [1.807, 2.05) is 0 Å². The van der Waals surface area contributed by atoms with Gasteiger partial charge >= 0.3 is 6.61 Å². The maximum atomic E-state index is 12.7. The summed E-state index contributed by atoms with van der Waals surface area (Å²) in [6.45, 7) is -0.849. The second-order valence-electron chi connectivity index (χ2n) is 7.75. The van der Waals surface area contributed by atoms with E-state index in [0.29, 0.717) is 18.1 Å². The minimum atomic E-state index is -2.97. The molecule has 1 aromatic carbocycles. The van der Waals surface area contributed by atoms with Gasteiger partial charge in [0.05, 0.1) is 12.6 Å². The Bertz CT molecular complexity index is 908. The van der Waals surface area contributed by atoms with Crippen LogP contribution in [0.1, 0.15) is 54.9 Å². The van der Waals surface area contributed by atoms with Gasteiger partial charge in [-0.3, -0.25) is 4.79 Å². The van der Waals surface area contributed by atoms with Gasteiger partial charge in [0.2, 0.25) is 5.89 Å². The number of halogens is 2. The molecule has 0 unspecified atom stereocenters. The molecule has 0 aliphatic heterocycles. The van der Waals surface area contributed by atoms with Gasteiger partial charge in [0, 0.05) is 11.6 Å². The number of amides is 1. The molecule has 1 heterocycles. The Morgan fingerprint density at radius 2 is 2.10 bits per heavy atom. The molecule has 1 atom stereocenters. The highest BCUT2D eigenvalue weighted by atomic mass is 19.3. The van der Waals surface area contributed by atoms with Crippen LogP contribution in [0.4, 0.5) is 8.78 Å². The zero-order valence-electron chi connectivity index (χ0n) is 16.6. The number of benzene rings is 1. The number of carbonyl (C=O) groups is 1. The summed E-state index contributed by atoms with van der Waals surface area (Å²) in [5.74, 6) is 0.618. The summed E-state index contributed by atoms with van der Waals surface area (Å²) in [5.41, 5.74) is 6.57. The van der Waals surface area contributed by atoms with Crippen molar-refractivity contribution in [2.24, 2.45) is 11.7 Å². The fraction of sp³-hybridized carbons (Fsp3) is 0.476. The van der Waals surface area contributed by atoms with E-state index in [1.165, 1.54) is 18.2 Å². The van der Waals surface area contributed by atoms with Gasteiger partial charge < -0.3 is 24.9 Å². The van der Waals surface area contributed by atoms with Crippen LogP contribution in [0.5, 0.6) is 11.5 Å². The van der Waals surface area contributed by atoms with Crippen LogP contribution in [0, 0.1) is 12.3 Å². The van der Waals surface area contributed by atoms with Crippen LogP contribution in [0.25, 0.3) is 11.5 Å². The molecule has 9 heteroatoms. The first-order chi connectivity index (χ1) is 14.4. The predicted octanol–water partition coefficient (Wildman–Crippen LogP) is 3.85. The van der Waals surface area contributed by atoms with E-state index in [0.717, 1.165) is 25.7 Å². The standard InChI is InChI=1S/C21H24F2N3O4/c1-11(24)18-17(19(27)25-14-3-2-4-14)26-20(30-18)13-7-8-15(29-21(22)23)16(9-13)28-10-12-5-6-12/h2,7-9,11-12,14,21H,3-6,10,24H2,1H3,(H,25,27)/t11-/m0/s1. The van der Waals surface area contributed by atoms with Crippen molar-refractivity contribution in [1.82, 2.24) is 10.3 Å². The molecule has 0 spiro atoms. The first-order valence-corrected chi connectivity index (χ1v) is 10.0. The molecule has 161 valence electrons. The molecule has 1 aromatic heterocycles. The summed E-state index contributed by atoms with van der Waals surface area (Å²) in [4.78, 5) is 17.0. The average Bonchev–Trinajstić information content (AvgIpc) is 3.38. The number of carbonyl (C=O) groups excluding carboxylic acids is 1. The summed E-state index contributed by atoms with van der Waals surface area (Å²) < 4.78 is 41.5. The van der Waals surface area contributed by atoms with Gasteiger partial charge in [-0.05, 0) is 63.1 Å². The van der Waals surface area contributed by atoms with Crippen molar-refractivity contribution in [3.63, 3.8) is 0 Å². The van der Waals surface area contributed by atoms with Crippen molar-refractivity contribution in [2.45, 2.75) is 51.3 Å². The van der Waals surface area contributed by atoms with E-state index in [9.17, 15) is 13.6 Å². The molecular formula is C21H24F2N3O4. The third-order valence-corrected chi connectivity index (χ3v) is 5.10. The first kappa shape index (κ1) is 20.6. The van der Waals surface area contributed by atoms with E-state index in [-0.39, 0.29) is 40.8 Å². The predicted molar refractivity (Wildman–Crippen MR) is 104 cm³/mol. The Balaban J connectivity index is 1.62. The van der Waals surface area contributed by atoms with Gasteiger partial charge in [0.1, 0.15) is 0 Å². The maximum absolute atomic E-state index is 12.7. The van der Waals surface area contributed by atoms with Crippen LogP contribution in [0.15, 0.2) is 22.6 Å². The quantitative estimate of drug-likeness (QED) is 0.639. The second-order valence-corrected chi connectivity index (χ2v) is 7.75. The zero-order chi connectivity index (χ0) is 21.3. The van der Waals surface area contributed by atoms with Crippen LogP contribution in [0.2, 0.25) is 0 Å². The van der Waals surface area contributed by atoms with Crippen LogP contribution in [-0.2, 0) is 0 Å². The molecule has 0 bridgehead atoms. The molecule has 2 saturated carbocycles. The Hall–Kier alpha value is -2.68. The third-order valence-electron chi connectivity index (χ3n) is 5.10. The molecule has 1 radical (unpaired) electrons. The molecule has 1 amide bonds. The molecule has 2 aliphatic carbocycles. The topological polar surface area (TPSA) is 99.6 Å². The van der Waals surface area contributed by atoms with E-state index in [1.54, 1.807) is 6.92 Å². The number of nitrogens with zero attached hydrogens (tertiary/aromatic N) is 1. The van der Waals surface area contributed by atoms with Crippen molar-refractivity contribution in [3.05, 3.63) is 36.1 Å². The molecule has 30 heavy (non-hydrogen) atoms. The SMILES string of the molecule is C[C@H](N)c1oc(-c2ccc(OC(F)F)c(OCC3CC3)c2)nc1C(=O)NC1C[CH]C1. The maximum Gasteiger partial charge on any atom is 0.387 e. The minimum Gasteiger partial charge on any atom is -0.489 e. The third kappa shape index (κ3) is 4.72.